The summed E-state index contributed by atoms with van der Waals surface area (Å²) in [6.45, 7) is 4.16. The highest BCUT2D eigenvalue weighted by Crippen LogP contribution is 2.16. The SMILES string of the molecule is Cc1c(C)[n+](Cc2ccccc2)c(Cc2c(O)n(C)c(=O)n(C)c2=O)n1O. The van der Waals surface area contributed by atoms with Gasteiger partial charge in [-0.1, -0.05) is 30.3 Å². The van der Waals surface area contributed by atoms with Crippen molar-refractivity contribution in [3.05, 3.63) is 79.5 Å². The van der Waals surface area contributed by atoms with Crippen molar-refractivity contribution in [2.24, 2.45) is 14.1 Å². The lowest BCUT2D eigenvalue weighted by atomic mass is 10.2. The Morgan fingerprint density at radius 2 is 1.67 bits per heavy atom. The van der Waals surface area contributed by atoms with E-state index in [0.717, 1.165) is 25.1 Å². The average molecular weight is 371 g/mol. The van der Waals surface area contributed by atoms with E-state index in [2.05, 4.69) is 0 Å². The largest absolute Gasteiger partial charge is 0.494 e. The van der Waals surface area contributed by atoms with Gasteiger partial charge >= 0.3 is 11.5 Å². The van der Waals surface area contributed by atoms with Crippen molar-refractivity contribution < 1.29 is 14.9 Å². The van der Waals surface area contributed by atoms with Crippen LogP contribution in [0.25, 0.3) is 0 Å². The summed E-state index contributed by atoms with van der Waals surface area (Å²) in [7, 11) is 2.76. The van der Waals surface area contributed by atoms with Crippen LogP contribution in [0.15, 0.2) is 39.9 Å². The third kappa shape index (κ3) is 3.03. The minimum absolute atomic E-state index is 0.0232. The number of benzene rings is 1. The Morgan fingerprint density at radius 3 is 2.30 bits per heavy atom. The molecule has 2 N–H and O–H groups in total. The molecule has 2 heterocycles. The molecule has 27 heavy (non-hydrogen) atoms. The van der Waals surface area contributed by atoms with Gasteiger partial charge in [0, 0.05) is 27.9 Å². The summed E-state index contributed by atoms with van der Waals surface area (Å²) in [4.78, 5) is 24.5. The predicted molar refractivity (Wildman–Crippen MR) is 98.2 cm³/mol. The van der Waals surface area contributed by atoms with E-state index in [0.29, 0.717) is 18.1 Å². The highest BCUT2D eigenvalue weighted by molar-refractivity contribution is 5.26. The number of imidazole rings is 1. The molecule has 3 aromatic rings. The van der Waals surface area contributed by atoms with Crippen LogP contribution in [0, 0.1) is 13.8 Å². The Kier molecular flexibility index (Phi) is 4.65. The second kappa shape index (κ2) is 6.79. The van der Waals surface area contributed by atoms with Crippen molar-refractivity contribution in [2.45, 2.75) is 26.8 Å². The number of rotatable bonds is 4. The molecule has 0 atom stereocenters. The van der Waals surface area contributed by atoms with Crippen molar-refractivity contribution in [3.8, 4) is 5.88 Å². The monoisotopic (exact) mass is 371 g/mol. The lowest BCUT2D eigenvalue weighted by Gasteiger charge is -2.10. The quantitative estimate of drug-likeness (QED) is 0.512. The van der Waals surface area contributed by atoms with Gasteiger partial charge in [-0.3, -0.25) is 13.9 Å². The van der Waals surface area contributed by atoms with Crippen molar-refractivity contribution in [3.63, 3.8) is 0 Å². The molecule has 0 saturated heterocycles. The van der Waals surface area contributed by atoms with E-state index in [-0.39, 0.29) is 12.0 Å². The van der Waals surface area contributed by atoms with Crippen LogP contribution in [0.5, 0.6) is 5.88 Å². The minimum atomic E-state index is -0.606. The molecule has 3 rings (SSSR count). The van der Waals surface area contributed by atoms with E-state index in [1.807, 2.05) is 41.8 Å². The maximum atomic E-state index is 12.5. The van der Waals surface area contributed by atoms with E-state index in [1.165, 1.54) is 14.1 Å². The first-order chi connectivity index (χ1) is 12.7. The molecule has 0 aliphatic heterocycles. The molecule has 8 nitrogen and oxygen atoms in total. The van der Waals surface area contributed by atoms with Crippen LogP contribution in [0.2, 0.25) is 0 Å². The second-order valence-electron chi connectivity index (χ2n) is 6.66. The maximum Gasteiger partial charge on any atom is 0.333 e. The van der Waals surface area contributed by atoms with Crippen LogP contribution in [-0.2, 0) is 27.1 Å². The van der Waals surface area contributed by atoms with Gasteiger partial charge in [-0.05, 0) is 10.3 Å². The Balaban J connectivity index is 2.16. The molecule has 0 radical (unpaired) electrons. The van der Waals surface area contributed by atoms with E-state index in [1.54, 1.807) is 6.92 Å². The molecule has 0 aliphatic rings. The van der Waals surface area contributed by atoms with Crippen LogP contribution in [0.3, 0.4) is 0 Å². The molecular formula is C19H23N4O4+. The smallest absolute Gasteiger partial charge is 0.333 e. The molecule has 0 fully saturated rings. The first-order valence-electron chi connectivity index (χ1n) is 8.55. The molecule has 0 amide bonds. The molecule has 142 valence electrons. The Labute approximate surface area is 155 Å². The molecule has 0 unspecified atom stereocenters. The number of aromatic nitrogens is 4. The summed E-state index contributed by atoms with van der Waals surface area (Å²) in [6.07, 6.45) is -0.0232. The summed E-state index contributed by atoms with van der Waals surface area (Å²) in [5, 5.41) is 20.9. The summed E-state index contributed by atoms with van der Waals surface area (Å²) in [5.74, 6) is 0.0470. The normalized spacial score (nSPS) is 11.1. The van der Waals surface area contributed by atoms with E-state index in [9.17, 15) is 19.9 Å². The fourth-order valence-corrected chi connectivity index (χ4v) is 3.21. The van der Waals surface area contributed by atoms with Gasteiger partial charge < -0.3 is 10.3 Å². The summed E-state index contributed by atoms with van der Waals surface area (Å²) in [5.41, 5.74) is 1.38. The lowest BCUT2D eigenvalue weighted by Crippen LogP contribution is -2.43. The fraction of sp³-hybridized carbons (Fsp3) is 0.316. The Hall–Kier alpha value is -3.29. The van der Waals surface area contributed by atoms with E-state index >= 15 is 0 Å². The maximum absolute atomic E-state index is 12.5. The zero-order valence-corrected chi connectivity index (χ0v) is 15.8. The summed E-state index contributed by atoms with van der Waals surface area (Å²) in [6, 6.07) is 9.74. The molecule has 0 bridgehead atoms. The van der Waals surface area contributed by atoms with Crippen molar-refractivity contribution in [1.82, 2.24) is 13.9 Å². The average Bonchev–Trinajstić information content (AvgIpc) is 2.87. The van der Waals surface area contributed by atoms with Gasteiger partial charge in [0.05, 0.1) is 12.0 Å². The van der Waals surface area contributed by atoms with Crippen molar-refractivity contribution in [2.75, 3.05) is 0 Å². The second-order valence-corrected chi connectivity index (χ2v) is 6.66. The Bertz CT molecular complexity index is 1120. The van der Waals surface area contributed by atoms with Crippen LogP contribution in [0.1, 0.15) is 28.3 Å². The third-order valence-corrected chi connectivity index (χ3v) is 5.04. The first-order valence-corrected chi connectivity index (χ1v) is 8.55. The van der Waals surface area contributed by atoms with Gasteiger partial charge in [0.1, 0.15) is 12.2 Å². The summed E-state index contributed by atoms with van der Waals surface area (Å²) >= 11 is 0. The molecular weight excluding hydrogens is 348 g/mol. The highest BCUT2D eigenvalue weighted by Gasteiger charge is 2.29. The summed E-state index contributed by atoms with van der Waals surface area (Å²) < 4.78 is 4.89. The van der Waals surface area contributed by atoms with Crippen LogP contribution in [-0.4, -0.2) is 24.2 Å². The van der Waals surface area contributed by atoms with Crippen LogP contribution >= 0.6 is 0 Å². The van der Waals surface area contributed by atoms with Gasteiger partial charge in [0.25, 0.3) is 5.56 Å². The van der Waals surface area contributed by atoms with Gasteiger partial charge in [0.15, 0.2) is 5.69 Å². The van der Waals surface area contributed by atoms with Crippen molar-refractivity contribution in [1.29, 1.82) is 0 Å². The predicted octanol–water partition coefficient (Wildman–Crippen LogP) is 0.372. The molecule has 0 spiro atoms. The van der Waals surface area contributed by atoms with Gasteiger partial charge in [0.2, 0.25) is 5.88 Å². The molecule has 2 aromatic heterocycles. The first kappa shape index (κ1) is 18.5. The number of nitrogens with zero attached hydrogens (tertiary/aromatic N) is 4. The Morgan fingerprint density at radius 1 is 1.04 bits per heavy atom. The highest BCUT2D eigenvalue weighted by atomic mass is 16.5. The fourth-order valence-electron chi connectivity index (χ4n) is 3.21. The topological polar surface area (TPSA) is 93.3 Å². The zero-order chi connectivity index (χ0) is 19.9. The van der Waals surface area contributed by atoms with Crippen LogP contribution in [0.4, 0.5) is 0 Å². The third-order valence-electron chi connectivity index (χ3n) is 5.04. The van der Waals surface area contributed by atoms with E-state index in [4.69, 9.17) is 0 Å². The molecule has 8 heteroatoms. The van der Waals surface area contributed by atoms with Gasteiger partial charge in [-0.25, -0.2) is 9.36 Å². The molecule has 0 saturated carbocycles. The van der Waals surface area contributed by atoms with Crippen molar-refractivity contribution >= 4 is 0 Å². The molecule has 1 aromatic carbocycles. The number of aromatic hydroxyl groups is 1. The number of hydrogen-bond acceptors (Lipinski definition) is 4. The number of hydrogen-bond donors (Lipinski definition) is 2. The lowest BCUT2D eigenvalue weighted by molar-refractivity contribution is -0.701. The standard InChI is InChI=1S/C19H22N4O4/c1-12-13(2)23(27)16(22(12)11-14-8-6-5-7-9-14)10-15-17(24)20(3)19(26)21(4)18(15)25/h5-9H,10-11H2,1-4H3,(H-,24,25,27)/p+1. The van der Waals surface area contributed by atoms with Crippen LogP contribution < -0.4 is 15.8 Å². The van der Waals surface area contributed by atoms with Gasteiger partial charge in [-0.2, -0.15) is 0 Å². The molecule has 0 aliphatic carbocycles. The van der Waals surface area contributed by atoms with Gasteiger partial charge in [-0.15, -0.1) is 0 Å². The minimum Gasteiger partial charge on any atom is -0.494 e. The van der Waals surface area contributed by atoms with E-state index < -0.39 is 17.1 Å². The zero-order valence-electron chi connectivity index (χ0n) is 15.8.